The molecule has 0 atom stereocenters. The molecule has 0 saturated heterocycles. The summed E-state index contributed by atoms with van der Waals surface area (Å²) in [6, 6.07) is 67.5. The van der Waals surface area contributed by atoms with Gasteiger partial charge >= 0.3 is 0 Å². The molecule has 0 N–H and O–H groups in total. The van der Waals surface area contributed by atoms with E-state index in [2.05, 4.69) is 120 Å². The number of hydrogen-bond acceptors (Lipinski definition) is 4. The highest BCUT2D eigenvalue weighted by Gasteiger charge is 2.18. The minimum atomic E-state index is 0.629. The van der Waals surface area contributed by atoms with Crippen LogP contribution in [0.4, 0.5) is 0 Å². The number of para-hydroxylation sites is 2. The van der Waals surface area contributed by atoms with Crippen LogP contribution >= 0.6 is 0 Å². The number of benzene rings is 8. The molecule has 11 aromatic rings. The van der Waals surface area contributed by atoms with E-state index in [1.54, 1.807) is 0 Å². The molecule has 0 fully saturated rings. The zero-order valence-corrected chi connectivity index (χ0v) is 30.2. The van der Waals surface area contributed by atoms with Gasteiger partial charge in [-0.3, -0.25) is 0 Å². The third kappa shape index (κ3) is 5.37. The molecule has 3 aromatic heterocycles. The first-order chi connectivity index (χ1) is 27.7. The molecule has 3 heterocycles. The monoisotopic (exact) mass is 716 g/mol. The van der Waals surface area contributed by atoms with Crippen LogP contribution in [0.15, 0.2) is 199 Å². The van der Waals surface area contributed by atoms with Crippen molar-refractivity contribution in [2.75, 3.05) is 0 Å². The van der Waals surface area contributed by atoms with E-state index in [-0.39, 0.29) is 0 Å². The van der Waals surface area contributed by atoms with Gasteiger partial charge in [0, 0.05) is 43.9 Å². The lowest BCUT2D eigenvalue weighted by molar-refractivity contribution is 0.669. The van der Waals surface area contributed by atoms with Crippen LogP contribution in [0, 0.1) is 0 Å². The lowest BCUT2D eigenvalue weighted by Crippen LogP contribution is -2.01. The normalized spacial score (nSPS) is 11.6. The molecule has 5 heteroatoms. The Labute approximate surface area is 322 Å². The zero-order chi connectivity index (χ0) is 37.0. The summed E-state index contributed by atoms with van der Waals surface area (Å²) in [7, 11) is 0. The van der Waals surface area contributed by atoms with Gasteiger partial charge < -0.3 is 8.98 Å². The van der Waals surface area contributed by atoms with Gasteiger partial charge in [0.15, 0.2) is 17.5 Å². The van der Waals surface area contributed by atoms with Gasteiger partial charge in [0.25, 0.3) is 0 Å². The highest BCUT2D eigenvalue weighted by atomic mass is 16.3. The summed E-state index contributed by atoms with van der Waals surface area (Å²) >= 11 is 0. The van der Waals surface area contributed by atoms with Gasteiger partial charge in [-0.05, 0) is 70.8 Å². The number of fused-ring (bicyclic) bond motifs is 6. The summed E-state index contributed by atoms with van der Waals surface area (Å²) in [6.07, 6.45) is 0. The number of nitrogens with zero attached hydrogens (tertiary/aromatic N) is 4. The molecular weight excluding hydrogens is 685 g/mol. The highest BCUT2D eigenvalue weighted by molar-refractivity contribution is 6.11. The fourth-order valence-electron chi connectivity index (χ4n) is 8.01. The molecule has 0 radical (unpaired) electrons. The van der Waals surface area contributed by atoms with Crippen molar-refractivity contribution < 1.29 is 4.42 Å². The van der Waals surface area contributed by atoms with Crippen LogP contribution in [0.1, 0.15) is 0 Å². The van der Waals surface area contributed by atoms with E-state index in [0.717, 1.165) is 77.6 Å². The van der Waals surface area contributed by atoms with Crippen LogP contribution in [0.25, 0.3) is 106 Å². The molecular formula is C51H32N4O. The van der Waals surface area contributed by atoms with Crippen molar-refractivity contribution in [1.29, 1.82) is 0 Å². The van der Waals surface area contributed by atoms with Crippen LogP contribution in [0.2, 0.25) is 0 Å². The molecule has 0 aliphatic heterocycles. The maximum absolute atomic E-state index is 6.26. The Hall–Kier alpha value is -7.63. The quantitative estimate of drug-likeness (QED) is 0.172. The second kappa shape index (κ2) is 13.0. The second-order valence-corrected chi connectivity index (χ2v) is 14.0. The van der Waals surface area contributed by atoms with E-state index in [1.807, 2.05) is 78.9 Å². The highest BCUT2D eigenvalue weighted by Crippen LogP contribution is 2.39. The van der Waals surface area contributed by atoms with E-state index in [1.165, 1.54) is 10.8 Å². The molecule has 0 bridgehead atoms. The Morgan fingerprint density at radius 1 is 0.321 bits per heavy atom. The largest absolute Gasteiger partial charge is 0.456 e. The lowest BCUT2D eigenvalue weighted by Gasteiger charge is -2.14. The van der Waals surface area contributed by atoms with Crippen LogP contribution in [0.5, 0.6) is 0 Å². The van der Waals surface area contributed by atoms with Crippen LogP contribution < -0.4 is 0 Å². The van der Waals surface area contributed by atoms with E-state index in [4.69, 9.17) is 19.4 Å². The van der Waals surface area contributed by atoms with Crippen LogP contribution in [-0.4, -0.2) is 19.5 Å². The predicted molar refractivity (Wildman–Crippen MR) is 229 cm³/mol. The van der Waals surface area contributed by atoms with Gasteiger partial charge in [0.05, 0.1) is 11.0 Å². The summed E-state index contributed by atoms with van der Waals surface area (Å²) in [4.78, 5) is 15.1. The lowest BCUT2D eigenvalue weighted by atomic mass is 9.98. The van der Waals surface area contributed by atoms with Gasteiger partial charge in [-0.25, -0.2) is 15.0 Å². The zero-order valence-electron chi connectivity index (χ0n) is 30.2. The third-order valence-electron chi connectivity index (χ3n) is 10.7. The average molecular weight is 717 g/mol. The van der Waals surface area contributed by atoms with Crippen molar-refractivity contribution in [2.45, 2.75) is 0 Å². The summed E-state index contributed by atoms with van der Waals surface area (Å²) in [6.45, 7) is 0. The van der Waals surface area contributed by atoms with Crippen molar-refractivity contribution in [2.24, 2.45) is 0 Å². The summed E-state index contributed by atoms with van der Waals surface area (Å²) in [5.74, 6) is 1.91. The van der Waals surface area contributed by atoms with Gasteiger partial charge in [-0.15, -0.1) is 0 Å². The number of hydrogen-bond donors (Lipinski definition) is 0. The SMILES string of the molecule is c1ccc(-c2nc(-c3ccccc3)nc(-c3ccccc3-c3cccc(-n4c5ccccc5c5cc(-c6ccc7c(c6)oc6ccccc67)ccc54)c3)n2)cc1. The first-order valence-electron chi connectivity index (χ1n) is 18.8. The van der Waals surface area contributed by atoms with E-state index >= 15 is 0 Å². The Morgan fingerprint density at radius 2 is 0.893 bits per heavy atom. The Morgan fingerprint density at radius 3 is 1.68 bits per heavy atom. The van der Waals surface area contributed by atoms with Crippen LogP contribution in [-0.2, 0) is 0 Å². The molecule has 0 amide bonds. The molecule has 0 aliphatic rings. The van der Waals surface area contributed by atoms with Gasteiger partial charge in [0.2, 0.25) is 0 Å². The minimum absolute atomic E-state index is 0.629. The summed E-state index contributed by atoms with van der Waals surface area (Å²) < 4.78 is 8.62. The average Bonchev–Trinajstić information content (AvgIpc) is 3.82. The predicted octanol–water partition coefficient (Wildman–Crippen LogP) is 13.2. The fraction of sp³-hybridized carbons (Fsp3) is 0. The minimum Gasteiger partial charge on any atom is -0.456 e. The molecule has 0 spiro atoms. The molecule has 56 heavy (non-hydrogen) atoms. The van der Waals surface area contributed by atoms with Crippen LogP contribution in [0.3, 0.4) is 0 Å². The number of furan rings is 1. The molecule has 0 aliphatic carbocycles. The van der Waals surface area contributed by atoms with Gasteiger partial charge in [0.1, 0.15) is 11.2 Å². The molecule has 0 unspecified atom stereocenters. The first-order valence-corrected chi connectivity index (χ1v) is 18.8. The molecule has 0 saturated carbocycles. The standard InChI is InChI=1S/C51H32N4O/c1-3-14-33(15-4-1)49-52-50(34-16-5-2-6-17-34)54-51(53-49)43-23-8-7-20-39(43)37-18-13-19-38(30-37)55-45-24-11-9-21-40(45)44-31-35(27-29-46(44)55)36-26-28-42-41-22-10-12-25-47(41)56-48(42)32-36/h1-32H. The van der Waals surface area contributed by atoms with Gasteiger partial charge in [-0.1, -0.05) is 146 Å². The van der Waals surface area contributed by atoms with Gasteiger partial charge in [-0.2, -0.15) is 0 Å². The number of aromatic nitrogens is 4. The van der Waals surface area contributed by atoms with Crippen molar-refractivity contribution in [3.05, 3.63) is 194 Å². The van der Waals surface area contributed by atoms with E-state index in [9.17, 15) is 0 Å². The smallest absolute Gasteiger partial charge is 0.164 e. The maximum atomic E-state index is 6.26. The molecule has 262 valence electrons. The third-order valence-corrected chi connectivity index (χ3v) is 10.7. The summed E-state index contributed by atoms with van der Waals surface area (Å²) in [5, 5.41) is 4.67. The molecule has 8 aromatic carbocycles. The van der Waals surface area contributed by atoms with E-state index in [0.29, 0.717) is 17.5 Å². The number of rotatable bonds is 6. The Kier molecular flexibility index (Phi) is 7.42. The van der Waals surface area contributed by atoms with Crippen molar-refractivity contribution in [3.8, 4) is 62.1 Å². The van der Waals surface area contributed by atoms with Crippen molar-refractivity contribution in [3.63, 3.8) is 0 Å². The molecule has 5 nitrogen and oxygen atoms in total. The molecule has 11 rings (SSSR count). The summed E-state index contributed by atoms with van der Waals surface area (Å²) in [5.41, 5.74) is 12.4. The first kappa shape index (κ1) is 31.9. The van der Waals surface area contributed by atoms with E-state index < -0.39 is 0 Å². The Balaban J connectivity index is 1.04. The second-order valence-electron chi connectivity index (χ2n) is 14.0. The van der Waals surface area contributed by atoms with Crippen molar-refractivity contribution in [1.82, 2.24) is 19.5 Å². The Bertz CT molecular complexity index is 3200. The fourth-order valence-corrected chi connectivity index (χ4v) is 8.01. The topological polar surface area (TPSA) is 56.7 Å². The van der Waals surface area contributed by atoms with Crippen molar-refractivity contribution >= 4 is 43.7 Å². The maximum Gasteiger partial charge on any atom is 0.164 e.